The van der Waals surface area contributed by atoms with Crippen molar-refractivity contribution in [2.75, 3.05) is 60.7 Å². The van der Waals surface area contributed by atoms with Crippen molar-refractivity contribution in [1.29, 1.82) is 0 Å². The first-order valence-electron chi connectivity index (χ1n) is 22.1. The number of allylic oxidation sites excluding steroid dienone is 4. The first kappa shape index (κ1) is 51.5. The lowest BCUT2D eigenvalue weighted by atomic mass is 10.1. The first-order chi connectivity index (χ1) is 25.2. The van der Waals surface area contributed by atoms with E-state index < -0.39 is 7.82 Å². The second-order valence-corrected chi connectivity index (χ2v) is 17.5. The van der Waals surface area contributed by atoms with Gasteiger partial charge in [-0.25, -0.2) is 4.57 Å². The molecule has 0 saturated heterocycles. The SMILES string of the molecule is CCCCCCCC/C=C\CCCCCCCCOCC(COP(=O)(O)OCC[N+](C)(C)C)OCCCCCCCC/C=C\CCCCCCCC. The van der Waals surface area contributed by atoms with Crippen LogP contribution in [0.3, 0.4) is 0 Å². The minimum absolute atomic E-state index is 0.0159. The molecule has 2 unspecified atom stereocenters. The van der Waals surface area contributed by atoms with Crippen LogP contribution >= 0.6 is 7.82 Å². The van der Waals surface area contributed by atoms with Crippen LogP contribution in [0, 0.1) is 0 Å². The minimum Gasteiger partial charge on any atom is -0.379 e. The Labute approximate surface area is 324 Å². The van der Waals surface area contributed by atoms with E-state index in [2.05, 4.69) is 38.2 Å². The summed E-state index contributed by atoms with van der Waals surface area (Å²) in [6.45, 7) is 6.93. The van der Waals surface area contributed by atoms with Crippen LogP contribution in [0.2, 0.25) is 0 Å². The molecule has 0 fully saturated rings. The molecule has 0 radical (unpaired) electrons. The molecule has 0 amide bonds. The summed E-state index contributed by atoms with van der Waals surface area (Å²) in [6.07, 6.45) is 44.9. The number of phosphoric ester groups is 1. The summed E-state index contributed by atoms with van der Waals surface area (Å²) in [4.78, 5) is 10.2. The molecule has 0 aliphatic rings. The smallest absolute Gasteiger partial charge is 0.379 e. The zero-order valence-corrected chi connectivity index (χ0v) is 36.2. The molecule has 52 heavy (non-hydrogen) atoms. The van der Waals surface area contributed by atoms with Gasteiger partial charge in [-0.2, -0.15) is 0 Å². The number of likely N-dealkylation sites (N-methyl/N-ethyl adjacent to an activating group) is 1. The van der Waals surface area contributed by atoms with Crippen LogP contribution in [0.5, 0.6) is 0 Å². The highest BCUT2D eigenvalue weighted by molar-refractivity contribution is 7.47. The van der Waals surface area contributed by atoms with E-state index in [1.54, 1.807) is 0 Å². The molecule has 0 aliphatic heterocycles. The van der Waals surface area contributed by atoms with Gasteiger partial charge in [0.15, 0.2) is 0 Å². The second-order valence-electron chi connectivity index (χ2n) is 16.1. The zero-order valence-electron chi connectivity index (χ0n) is 35.3. The summed E-state index contributed by atoms with van der Waals surface area (Å²) in [5.74, 6) is 0. The molecule has 0 aromatic heterocycles. The molecule has 0 spiro atoms. The van der Waals surface area contributed by atoms with E-state index in [0.717, 1.165) is 25.7 Å². The summed E-state index contributed by atoms with van der Waals surface area (Å²) in [5.41, 5.74) is 0. The zero-order chi connectivity index (χ0) is 38.3. The number of phosphoric acid groups is 1. The van der Waals surface area contributed by atoms with Crippen LogP contribution in [0.1, 0.15) is 194 Å². The van der Waals surface area contributed by atoms with E-state index in [1.165, 1.54) is 154 Å². The second kappa shape index (κ2) is 38.7. The van der Waals surface area contributed by atoms with Gasteiger partial charge in [0.05, 0.1) is 34.4 Å². The number of hydrogen-bond donors (Lipinski definition) is 1. The van der Waals surface area contributed by atoms with Crippen molar-refractivity contribution < 1.29 is 32.5 Å². The Bertz CT molecular complexity index is 830. The molecule has 0 aliphatic carbocycles. The van der Waals surface area contributed by atoms with Gasteiger partial charge in [0.25, 0.3) is 0 Å². The van der Waals surface area contributed by atoms with Crippen LogP contribution in [0.15, 0.2) is 24.3 Å². The van der Waals surface area contributed by atoms with Gasteiger partial charge in [-0.1, -0.05) is 154 Å². The molecule has 0 saturated carbocycles. The molecular formula is C44H89NO6P+. The molecule has 2 atom stereocenters. The standard InChI is InChI=1S/C44H88NO6P/c1-6-8-10-12-14-16-18-20-22-24-26-28-30-32-34-36-39-48-42-44(43-51-52(46,47)50-41-38-45(3,4)5)49-40-37-35-33-31-29-27-25-23-21-19-17-15-13-11-9-7-2/h20-23,44H,6-19,24-43H2,1-5H3/p+1/b22-20-,23-21-. The van der Waals surface area contributed by atoms with Crippen molar-refractivity contribution in [3.8, 4) is 0 Å². The highest BCUT2D eigenvalue weighted by atomic mass is 31.2. The molecule has 0 rings (SSSR count). The molecule has 0 bridgehead atoms. The third-order valence-corrected chi connectivity index (χ3v) is 10.5. The van der Waals surface area contributed by atoms with Gasteiger partial charge in [-0.15, -0.1) is 0 Å². The van der Waals surface area contributed by atoms with Crippen molar-refractivity contribution in [1.82, 2.24) is 0 Å². The summed E-state index contributed by atoms with van der Waals surface area (Å²) >= 11 is 0. The summed E-state index contributed by atoms with van der Waals surface area (Å²) < 4.78 is 35.7. The monoisotopic (exact) mass is 759 g/mol. The normalized spacial score (nSPS) is 14.2. The number of hydrogen-bond acceptors (Lipinski definition) is 5. The Kier molecular flexibility index (Phi) is 38.3. The van der Waals surface area contributed by atoms with Gasteiger partial charge < -0.3 is 18.9 Å². The van der Waals surface area contributed by atoms with Crippen molar-refractivity contribution in [3.05, 3.63) is 24.3 Å². The molecule has 1 N–H and O–H groups in total. The molecule has 0 heterocycles. The van der Waals surface area contributed by atoms with Crippen LogP contribution in [0.4, 0.5) is 0 Å². The highest BCUT2D eigenvalue weighted by Gasteiger charge is 2.25. The van der Waals surface area contributed by atoms with Gasteiger partial charge in [0.2, 0.25) is 0 Å². The topological polar surface area (TPSA) is 74.2 Å². The van der Waals surface area contributed by atoms with Crippen LogP contribution in [-0.2, 0) is 23.1 Å². The van der Waals surface area contributed by atoms with Crippen molar-refractivity contribution in [2.45, 2.75) is 200 Å². The Morgan fingerprint density at radius 2 is 0.885 bits per heavy atom. The van der Waals surface area contributed by atoms with Crippen molar-refractivity contribution in [3.63, 3.8) is 0 Å². The lowest BCUT2D eigenvalue weighted by Gasteiger charge is -2.24. The number of quaternary nitrogens is 1. The predicted molar refractivity (Wildman–Crippen MR) is 224 cm³/mol. The average Bonchev–Trinajstić information content (AvgIpc) is 3.10. The Morgan fingerprint density at radius 3 is 1.31 bits per heavy atom. The summed E-state index contributed by atoms with van der Waals surface area (Å²) in [5, 5.41) is 0. The van der Waals surface area contributed by atoms with Crippen LogP contribution < -0.4 is 0 Å². The maximum Gasteiger partial charge on any atom is 0.472 e. The molecule has 0 aromatic carbocycles. The van der Waals surface area contributed by atoms with E-state index >= 15 is 0 Å². The molecule has 310 valence electrons. The van der Waals surface area contributed by atoms with E-state index in [9.17, 15) is 9.46 Å². The quantitative estimate of drug-likeness (QED) is 0.0289. The average molecular weight is 759 g/mol. The fourth-order valence-corrected chi connectivity index (χ4v) is 6.80. The van der Waals surface area contributed by atoms with E-state index in [4.69, 9.17) is 18.5 Å². The maximum atomic E-state index is 12.5. The molecule has 8 heteroatoms. The van der Waals surface area contributed by atoms with Crippen molar-refractivity contribution in [2.24, 2.45) is 0 Å². The van der Waals surface area contributed by atoms with Gasteiger partial charge in [0, 0.05) is 13.2 Å². The Hall–Kier alpha value is -0.530. The fourth-order valence-electron chi connectivity index (χ4n) is 6.05. The molecule has 7 nitrogen and oxygen atoms in total. The number of ether oxygens (including phenoxy) is 2. The van der Waals surface area contributed by atoms with Gasteiger partial charge in [-0.3, -0.25) is 9.05 Å². The molecular weight excluding hydrogens is 669 g/mol. The number of rotatable bonds is 42. The first-order valence-corrected chi connectivity index (χ1v) is 23.6. The fraction of sp³-hybridized carbons (Fsp3) is 0.909. The Morgan fingerprint density at radius 1 is 0.500 bits per heavy atom. The van der Waals surface area contributed by atoms with E-state index in [1.807, 2.05) is 21.1 Å². The minimum atomic E-state index is -4.14. The van der Waals surface area contributed by atoms with Gasteiger partial charge >= 0.3 is 7.82 Å². The lowest BCUT2D eigenvalue weighted by Crippen LogP contribution is -2.37. The predicted octanol–water partition coefficient (Wildman–Crippen LogP) is 13.3. The summed E-state index contributed by atoms with van der Waals surface area (Å²) in [7, 11) is 1.90. The third kappa shape index (κ3) is 42.2. The van der Waals surface area contributed by atoms with E-state index in [-0.39, 0.29) is 19.3 Å². The largest absolute Gasteiger partial charge is 0.472 e. The summed E-state index contributed by atoms with van der Waals surface area (Å²) in [6, 6.07) is 0. The van der Waals surface area contributed by atoms with Gasteiger partial charge in [-0.05, 0) is 64.2 Å². The lowest BCUT2D eigenvalue weighted by molar-refractivity contribution is -0.870. The highest BCUT2D eigenvalue weighted by Crippen LogP contribution is 2.43. The van der Waals surface area contributed by atoms with Gasteiger partial charge in [0.1, 0.15) is 19.3 Å². The molecule has 0 aromatic rings. The number of nitrogens with zero attached hydrogens (tertiary/aromatic N) is 1. The Balaban J connectivity index is 4.11. The maximum absolute atomic E-state index is 12.5. The third-order valence-electron chi connectivity index (χ3n) is 9.55. The van der Waals surface area contributed by atoms with Crippen molar-refractivity contribution >= 4 is 7.82 Å². The van der Waals surface area contributed by atoms with Crippen LogP contribution in [-0.4, -0.2) is 76.2 Å². The number of unbranched alkanes of at least 4 members (excludes halogenated alkanes) is 24. The van der Waals surface area contributed by atoms with E-state index in [0.29, 0.717) is 30.8 Å². The van der Waals surface area contributed by atoms with Crippen LogP contribution in [0.25, 0.3) is 0 Å².